The number of carboxylic acid groups (broad SMARTS) is 1. The van der Waals surface area contributed by atoms with Gasteiger partial charge in [-0.2, -0.15) is 0 Å². The monoisotopic (exact) mass is 454 g/mol. The maximum Gasteiger partial charge on any atom is 0.312 e. The van der Waals surface area contributed by atoms with Crippen LogP contribution in [0, 0.1) is 12.3 Å². The summed E-state index contributed by atoms with van der Waals surface area (Å²) in [6, 6.07) is 22.9. The fraction of sp³-hybridized carbons (Fsp3) is 0.179. The molecule has 0 bridgehead atoms. The van der Waals surface area contributed by atoms with Crippen molar-refractivity contribution in [3.63, 3.8) is 0 Å². The Labute approximate surface area is 198 Å². The van der Waals surface area contributed by atoms with Crippen molar-refractivity contribution in [3.05, 3.63) is 90.1 Å². The first kappa shape index (κ1) is 23.0. The Kier molecular flexibility index (Phi) is 6.32. The number of fused-ring (bicyclic) bond motifs is 1. The van der Waals surface area contributed by atoms with Gasteiger partial charge in [-0.3, -0.25) is 14.6 Å². The zero-order valence-corrected chi connectivity index (χ0v) is 19.3. The number of hydrogen-bond donors (Lipinski definition) is 2. The summed E-state index contributed by atoms with van der Waals surface area (Å²) in [5.41, 5.74) is 2.97. The number of pyridine rings is 1. The summed E-state index contributed by atoms with van der Waals surface area (Å²) in [7, 11) is 0. The van der Waals surface area contributed by atoms with Crippen molar-refractivity contribution in [2.24, 2.45) is 5.41 Å². The number of nitrogens with zero attached hydrogens (tertiary/aromatic N) is 1. The summed E-state index contributed by atoms with van der Waals surface area (Å²) in [5, 5.41) is 14.3. The Morgan fingerprint density at radius 2 is 1.74 bits per heavy atom. The van der Waals surface area contributed by atoms with E-state index < -0.39 is 11.4 Å². The van der Waals surface area contributed by atoms with Gasteiger partial charge in [-0.05, 0) is 73.5 Å². The van der Waals surface area contributed by atoms with E-state index in [0.717, 1.165) is 27.6 Å². The molecule has 0 aliphatic rings. The molecule has 0 aliphatic carbocycles. The van der Waals surface area contributed by atoms with Crippen molar-refractivity contribution in [1.82, 2.24) is 4.98 Å². The van der Waals surface area contributed by atoms with Gasteiger partial charge < -0.3 is 15.2 Å². The summed E-state index contributed by atoms with van der Waals surface area (Å²) in [4.78, 5) is 28.4. The number of aliphatic carboxylic acids is 1. The number of hydrogen-bond acceptors (Lipinski definition) is 4. The summed E-state index contributed by atoms with van der Waals surface area (Å²) < 4.78 is 5.59. The van der Waals surface area contributed by atoms with Crippen molar-refractivity contribution >= 4 is 28.3 Å². The van der Waals surface area contributed by atoms with Gasteiger partial charge in [0.2, 0.25) is 0 Å². The molecule has 172 valence electrons. The van der Waals surface area contributed by atoms with Crippen LogP contribution in [0.4, 0.5) is 5.69 Å². The number of carbonyl (C=O) groups is 2. The molecule has 0 saturated carbocycles. The summed E-state index contributed by atoms with van der Waals surface area (Å²) in [6.45, 7) is 5.23. The Hall–Kier alpha value is -4.19. The van der Waals surface area contributed by atoms with E-state index in [4.69, 9.17) is 4.74 Å². The average Bonchev–Trinajstić information content (AvgIpc) is 2.83. The number of amides is 1. The van der Waals surface area contributed by atoms with E-state index in [1.807, 2.05) is 73.7 Å². The lowest BCUT2D eigenvalue weighted by Gasteiger charge is -2.19. The molecule has 0 spiro atoms. The number of nitrogens with one attached hydrogen (secondary N) is 1. The third-order valence-electron chi connectivity index (χ3n) is 5.69. The van der Waals surface area contributed by atoms with Crippen LogP contribution in [0.1, 0.15) is 29.8 Å². The normalized spacial score (nSPS) is 11.3. The fourth-order valence-electron chi connectivity index (χ4n) is 3.51. The molecule has 0 radical (unpaired) electrons. The number of anilines is 1. The van der Waals surface area contributed by atoms with Crippen molar-refractivity contribution in [3.8, 4) is 17.0 Å². The molecule has 2 N–H and O–H groups in total. The van der Waals surface area contributed by atoms with E-state index in [1.165, 1.54) is 0 Å². The number of ether oxygens (including phenoxy) is 1. The highest BCUT2D eigenvalue weighted by atomic mass is 16.5. The third kappa shape index (κ3) is 5.07. The van der Waals surface area contributed by atoms with Crippen molar-refractivity contribution < 1.29 is 19.4 Å². The first-order chi connectivity index (χ1) is 16.2. The van der Waals surface area contributed by atoms with Gasteiger partial charge in [0, 0.05) is 16.8 Å². The fourth-order valence-corrected chi connectivity index (χ4v) is 3.51. The third-order valence-corrected chi connectivity index (χ3v) is 5.69. The van der Waals surface area contributed by atoms with Crippen LogP contribution in [0.3, 0.4) is 0 Å². The molecule has 1 heterocycles. The molecular weight excluding hydrogens is 428 g/mol. The number of rotatable bonds is 7. The molecule has 0 atom stereocenters. The Bertz CT molecular complexity index is 1360. The Balaban J connectivity index is 1.45. The highest BCUT2D eigenvalue weighted by molar-refractivity contribution is 6.06. The molecular formula is C28H26N2O4. The van der Waals surface area contributed by atoms with Gasteiger partial charge in [-0.15, -0.1) is 0 Å². The van der Waals surface area contributed by atoms with Crippen molar-refractivity contribution in [2.75, 3.05) is 11.9 Å². The molecule has 1 amide bonds. The van der Waals surface area contributed by atoms with E-state index in [-0.39, 0.29) is 12.5 Å². The standard InChI is InChI=1S/C28H26N2O4/c1-18-14-22(30-26(31)21-9-8-19-6-4-5-7-20(19)15-21)10-12-24(18)25-13-11-23(16-29-25)34-17-28(2,3)27(32)33/h4-16H,17H2,1-3H3,(H,30,31)(H,32,33). The molecule has 6 heteroatoms. The second kappa shape index (κ2) is 9.35. The number of carboxylic acids is 1. The molecule has 0 saturated heterocycles. The Morgan fingerprint density at radius 3 is 2.41 bits per heavy atom. The van der Waals surface area contributed by atoms with Crippen LogP contribution in [0.15, 0.2) is 79.0 Å². The van der Waals surface area contributed by atoms with Gasteiger partial charge in [0.1, 0.15) is 12.4 Å². The van der Waals surface area contributed by atoms with Gasteiger partial charge in [0.05, 0.1) is 17.3 Å². The minimum absolute atomic E-state index is 0.0496. The van der Waals surface area contributed by atoms with Crippen LogP contribution in [-0.4, -0.2) is 28.6 Å². The molecule has 0 unspecified atom stereocenters. The van der Waals surface area contributed by atoms with Crippen LogP contribution in [0.5, 0.6) is 5.75 Å². The highest BCUT2D eigenvalue weighted by Gasteiger charge is 2.28. The maximum atomic E-state index is 12.8. The topological polar surface area (TPSA) is 88.5 Å². The first-order valence-corrected chi connectivity index (χ1v) is 11.0. The Morgan fingerprint density at radius 1 is 0.971 bits per heavy atom. The quantitative estimate of drug-likeness (QED) is 0.360. The lowest BCUT2D eigenvalue weighted by Crippen LogP contribution is -2.30. The molecule has 4 aromatic rings. The van der Waals surface area contributed by atoms with Crippen LogP contribution >= 0.6 is 0 Å². The summed E-state index contributed by atoms with van der Waals surface area (Å²) in [6.07, 6.45) is 1.59. The SMILES string of the molecule is Cc1cc(NC(=O)c2ccc3ccccc3c2)ccc1-c1ccc(OCC(C)(C)C(=O)O)cn1. The molecule has 0 fully saturated rings. The number of benzene rings is 3. The molecule has 4 rings (SSSR count). The lowest BCUT2D eigenvalue weighted by atomic mass is 9.95. The van der Waals surface area contributed by atoms with E-state index in [1.54, 1.807) is 26.1 Å². The molecule has 1 aromatic heterocycles. The van der Waals surface area contributed by atoms with E-state index in [0.29, 0.717) is 17.0 Å². The average molecular weight is 455 g/mol. The van der Waals surface area contributed by atoms with Crippen molar-refractivity contribution in [2.45, 2.75) is 20.8 Å². The lowest BCUT2D eigenvalue weighted by molar-refractivity contribution is -0.148. The summed E-state index contributed by atoms with van der Waals surface area (Å²) in [5.74, 6) is -0.572. The maximum absolute atomic E-state index is 12.8. The van der Waals surface area contributed by atoms with Crippen LogP contribution in [0.25, 0.3) is 22.0 Å². The van der Waals surface area contributed by atoms with E-state index >= 15 is 0 Å². The highest BCUT2D eigenvalue weighted by Crippen LogP contribution is 2.27. The van der Waals surface area contributed by atoms with Gasteiger partial charge in [0.15, 0.2) is 0 Å². The zero-order valence-electron chi connectivity index (χ0n) is 19.3. The van der Waals surface area contributed by atoms with Crippen LogP contribution < -0.4 is 10.1 Å². The predicted molar refractivity (Wildman–Crippen MR) is 133 cm³/mol. The van der Waals surface area contributed by atoms with Crippen LogP contribution in [-0.2, 0) is 4.79 Å². The van der Waals surface area contributed by atoms with Gasteiger partial charge in [-0.1, -0.05) is 36.4 Å². The predicted octanol–water partition coefficient (Wildman–Crippen LogP) is 5.95. The van der Waals surface area contributed by atoms with E-state index in [2.05, 4.69) is 10.3 Å². The van der Waals surface area contributed by atoms with Crippen LogP contribution in [0.2, 0.25) is 0 Å². The summed E-state index contributed by atoms with van der Waals surface area (Å²) >= 11 is 0. The number of aryl methyl sites for hydroxylation is 1. The largest absolute Gasteiger partial charge is 0.491 e. The second-order valence-corrected chi connectivity index (χ2v) is 8.90. The smallest absolute Gasteiger partial charge is 0.312 e. The van der Waals surface area contributed by atoms with Gasteiger partial charge in [0.25, 0.3) is 5.91 Å². The minimum atomic E-state index is -0.984. The second-order valence-electron chi connectivity index (χ2n) is 8.90. The van der Waals surface area contributed by atoms with Crippen molar-refractivity contribution in [1.29, 1.82) is 0 Å². The molecule has 3 aromatic carbocycles. The number of carbonyl (C=O) groups excluding carboxylic acids is 1. The molecule has 0 aliphatic heterocycles. The van der Waals surface area contributed by atoms with Gasteiger partial charge >= 0.3 is 5.97 Å². The van der Waals surface area contributed by atoms with E-state index in [9.17, 15) is 14.7 Å². The minimum Gasteiger partial charge on any atom is -0.491 e. The first-order valence-electron chi connectivity index (χ1n) is 11.0. The number of aromatic nitrogens is 1. The molecule has 6 nitrogen and oxygen atoms in total. The zero-order chi connectivity index (χ0) is 24.3. The van der Waals surface area contributed by atoms with Gasteiger partial charge in [-0.25, -0.2) is 0 Å². The molecule has 34 heavy (non-hydrogen) atoms.